The van der Waals surface area contributed by atoms with E-state index >= 15 is 0 Å². The molecule has 0 radical (unpaired) electrons. The topological polar surface area (TPSA) is 49.3 Å². The smallest absolute Gasteiger partial charge is 0.251 e. The zero-order valence-corrected chi connectivity index (χ0v) is 12.1. The Morgan fingerprint density at radius 3 is 2.35 bits per heavy atom. The zero-order valence-electron chi connectivity index (χ0n) is 10.6. The first-order valence-electron chi connectivity index (χ1n) is 6.01. The SMILES string of the molecule is O=C(NCc1cccc(CO)c1)c1cc(Cl)cc(Cl)c1. The maximum Gasteiger partial charge on any atom is 0.251 e. The quantitative estimate of drug-likeness (QED) is 0.909. The van der Waals surface area contributed by atoms with Crippen molar-refractivity contribution >= 4 is 29.1 Å². The van der Waals surface area contributed by atoms with Gasteiger partial charge in [-0.2, -0.15) is 0 Å². The average Bonchev–Trinajstić information content (AvgIpc) is 2.44. The molecule has 2 aromatic carbocycles. The van der Waals surface area contributed by atoms with Crippen LogP contribution in [0.25, 0.3) is 0 Å². The molecule has 0 aliphatic heterocycles. The standard InChI is InChI=1S/C15H13Cl2NO2/c16-13-5-12(6-14(17)7-13)15(20)18-8-10-2-1-3-11(4-10)9-19/h1-7,19H,8-9H2,(H,18,20). The first-order chi connectivity index (χ1) is 9.58. The van der Waals surface area contributed by atoms with Crippen molar-refractivity contribution < 1.29 is 9.90 Å². The molecule has 0 aliphatic carbocycles. The van der Waals surface area contributed by atoms with E-state index in [0.717, 1.165) is 11.1 Å². The van der Waals surface area contributed by atoms with Gasteiger partial charge in [-0.25, -0.2) is 0 Å². The van der Waals surface area contributed by atoms with Gasteiger partial charge in [0.05, 0.1) is 6.61 Å². The molecule has 2 N–H and O–H groups in total. The van der Waals surface area contributed by atoms with E-state index < -0.39 is 0 Å². The van der Waals surface area contributed by atoms with Gasteiger partial charge in [-0.1, -0.05) is 47.5 Å². The van der Waals surface area contributed by atoms with E-state index in [-0.39, 0.29) is 12.5 Å². The highest BCUT2D eigenvalue weighted by Crippen LogP contribution is 2.19. The molecule has 0 aliphatic rings. The van der Waals surface area contributed by atoms with Crippen LogP contribution in [-0.4, -0.2) is 11.0 Å². The average molecular weight is 310 g/mol. The van der Waals surface area contributed by atoms with Gasteiger partial charge >= 0.3 is 0 Å². The number of carbonyl (C=O) groups is 1. The van der Waals surface area contributed by atoms with Gasteiger partial charge in [-0.15, -0.1) is 0 Å². The third-order valence-electron chi connectivity index (χ3n) is 2.75. The molecule has 2 rings (SSSR count). The summed E-state index contributed by atoms with van der Waals surface area (Å²) in [5, 5.41) is 12.7. The Labute approximate surface area is 127 Å². The lowest BCUT2D eigenvalue weighted by atomic mass is 10.1. The summed E-state index contributed by atoms with van der Waals surface area (Å²) in [6, 6.07) is 12.1. The summed E-state index contributed by atoms with van der Waals surface area (Å²) < 4.78 is 0. The van der Waals surface area contributed by atoms with E-state index in [1.807, 2.05) is 24.3 Å². The number of amides is 1. The summed E-state index contributed by atoms with van der Waals surface area (Å²) in [6.07, 6.45) is 0. The predicted octanol–water partition coefficient (Wildman–Crippen LogP) is 3.42. The third kappa shape index (κ3) is 3.97. The zero-order chi connectivity index (χ0) is 14.5. The Bertz CT molecular complexity index is 609. The summed E-state index contributed by atoms with van der Waals surface area (Å²) in [5.74, 6) is -0.246. The molecule has 1 amide bonds. The Hall–Kier alpha value is -1.55. The number of aliphatic hydroxyl groups excluding tert-OH is 1. The largest absolute Gasteiger partial charge is 0.392 e. The summed E-state index contributed by atoms with van der Waals surface area (Å²) in [7, 11) is 0. The van der Waals surface area contributed by atoms with Crippen molar-refractivity contribution in [3.8, 4) is 0 Å². The first-order valence-corrected chi connectivity index (χ1v) is 6.77. The van der Waals surface area contributed by atoms with Crippen LogP contribution in [0, 0.1) is 0 Å². The molecule has 0 fully saturated rings. The van der Waals surface area contributed by atoms with Gasteiger partial charge in [0.15, 0.2) is 0 Å². The highest BCUT2D eigenvalue weighted by molar-refractivity contribution is 6.35. The Morgan fingerprint density at radius 1 is 1.05 bits per heavy atom. The summed E-state index contributed by atoms with van der Waals surface area (Å²) in [6.45, 7) is 0.350. The van der Waals surface area contributed by atoms with Crippen LogP contribution in [0.1, 0.15) is 21.5 Å². The minimum atomic E-state index is -0.246. The van der Waals surface area contributed by atoms with Crippen molar-refractivity contribution in [3.63, 3.8) is 0 Å². The number of rotatable bonds is 4. The molecule has 0 atom stereocenters. The van der Waals surface area contributed by atoms with E-state index in [4.69, 9.17) is 28.3 Å². The summed E-state index contributed by atoms with van der Waals surface area (Å²) >= 11 is 11.7. The minimum Gasteiger partial charge on any atom is -0.392 e. The molecule has 0 saturated carbocycles. The number of benzene rings is 2. The number of hydrogen-bond acceptors (Lipinski definition) is 2. The van der Waals surface area contributed by atoms with Gasteiger partial charge < -0.3 is 10.4 Å². The normalized spacial score (nSPS) is 10.3. The third-order valence-corrected chi connectivity index (χ3v) is 3.19. The van der Waals surface area contributed by atoms with Crippen LogP contribution in [0.3, 0.4) is 0 Å². The van der Waals surface area contributed by atoms with Crippen LogP contribution in [0.2, 0.25) is 10.0 Å². The number of carbonyl (C=O) groups excluding carboxylic acids is 1. The highest BCUT2D eigenvalue weighted by atomic mass is 35.5. The molecule has 0 unspecified atom stereocenters. The summed E-state index contributed by atoms with van der Waals surface area (Å²) in [4.78, 5) is 12.0. The first kappa shape index (κ1) is 14.9. The summed E-state index contributed by atoms with van der Waals surface area (Å²) in [5.41, 5.74) is 2.14. The molecular weight excluding hydrogens is 297 g/mol. The molecule has 20 heavy (non-hydrogen) atoms. The van der Waals surface area contributed by atoms with Crippen molar-refractivity contribution in [1.82, 2.24) is 5.32 Å². The second-order valence-corrected chi connectivity index (χ2v) is 5.19. The van der Waals surface area contributed by atoms with Crippen molar-refractivity contribution in [2.24, 2.45) is 0 Å². The molecule has 3 nitrogen and oxygen atoms in total. The molecule has 0 bridgehead atoms. The van der Waals surface area contributed by atoms with Crippen LogP contribution < -0.4 is 5.32 Å². The molecule has 5 heteroatoms. The predicted molar refractivity (Wildman–Crippen MR) is 80.0 cm³/mol. The molecule has 104 valence electrons. The van der Waals surface area contributed by atoms with Crippen molar-refractivity contribution in [2.75, 3.05) is 0 Å². The van der Waals surface area contributed by atoms with Gasteiger partial charge in [0.25, 0.3) is 5.91 Å². The fraction of sp³-hybridized carbons (Fsp3) is 0.133. The molecule has 0 heterocycles. The number of hydrogen-bond donors (Lipinski definition) is 2. The van der Waals surface area contributed by atoms with Crippen LogP contribution in [0.15, 0.2) is 42.5 Å². The van der Waals surface area contributed by atoms with Gasteiger partial charge in [0.1, 0.15) is 0 Å². The van der Waals surface area contributed by atoms with Crippen LogP contribution >= 0.6 is 23.2 Å². The maximum absolute atomic E-state index is 12.0. The van der Waals surface area contributed by atoms with Crippen LogP contribution in [0.4, 0.5) is 0 Å². The van der Waals surface area contributed by atoms with E-state index in [9.17, 15) is 4.79 Å². The number of nitrogens with one attached hydrogen (secondary N) is 1. The maximum atomic E-state index is 12.0. The lowest BCUT2D eigenvalue weighted by Gasteiger charge is -2.07. The Balaban J connectivity index is 2.04. The van der Waals surface area contributed by atoms with Crippen LogP contribution in [0.5, 0.6) is 0 Å². The van der Waals surface area contributed by atoms with Crippen molar-refractivity contribution in [3.05, 3.63) is 69.2 Å². The van der Waals surface area contributed by atoms with E-state index in [1.54, 1.807) is 18.2 Å². The van der Waals surface area contributed by atoms with Crippen molar-refractivity contribution in [2.45, 2.75) is 13.2 Å². The molecular formula is C15H13Cl2NO2. The van der Waals surface area contributed by atoms with E-state index in [0.29, 0.717) is 22.2 Å². The van der Waals surface area contributed by atoms with E-state index in [2.05, 4.69) is 5.32 Å². The van der Waals surface area contributed by atoms with Gasteiger partial charge in [0, 0.05) is 22.2 Å². The van der Waals surface area contributed by atoms with Crippen molar-refractivity contribution in [1.29, 1.82) is 0 Å². The fourth-order valence-electron chi connectivity index (χ4n) is 1.81. The minimum absolute atomic E-state index is 0.0221. The monoisotopic (exact) mass is 309 g/mol. The van der Waals surface area contributed by atoms with Crippen LogP contribution in [-0.2, 0) is 13.2 Å². The highest BCUT2D eigenvalue weighted by Gasteiger charge is 2.07. The lowest BCUT2D eigenvalue weighted by molar-refractivity contribution is 0.0951. The second-order valence-electron chi connectivity index (χ2n) is 4.32. The Morgan fingerprint density at radius 2 is 1.70 bits per heavy atom. The van der Waals surface area contributed by atoms with E-state index in [1.165, 1.54) is 0 Å². The second kappa shape index (κ2) is 6.75. The molecule has 0 aromatic heterocycles. The van der Waals surface area contributed by atoms with Gasteiger partial charge in [0.2, 0.25) is 0 Å². The molecule has 2 aromatic rings. The van der Waals surface area contributed by atoms with Gasteiger partial charge in [-0.3, -0.25) is 4.79 Å². The molecule has 0 saturated heterocycles. The lowest BCUT2D eigenvalue weighted by Crippen LogP contribution is -2.22. The Kier molecular flexibility index (Phi) is 5.01. The number of halogens is 2. The van der Waals surface area contributed by atoms with Gasteiger partial charge in [-0.05, 0) is 29.3 Å². The number of aliphatic hydroxyl groups is 1. The fourth-order valence-corrected chi connectivity index (χ4v) is 2.33. The molecule has 0 spiro atoms.